The Kier molecular flexibility index (Phi) is 2.81. The number of halogens is 1. The van der Waals surface area contributed by atoms with Gasteiger partial charge in [-0.25, -0.2) is 4.39 Å². The molecule has 0 aliphatic heterocycles. The third-order valence-electron chi connectivity index (χ3n) is 3.43. The van der Waals surface area contributed by atoms with Gasteiger partial charge in [0.25, 0.3) is 5.91 Å². The molecule has 1 aliphatic rings. The van der Waals surface area contributed by atoms with Crippen LogP contribution in [0.2, 0.25) is 0 Å². The number of hydrogen-bond donors (Lipinski definition) is 1. The lowest BCUT2D eigenvalue weighted by Crippen LogP contribution is -2.14. The molecule has 0 bridgehead atoms. The maximum atomic E-state index is 12.8. The maximum absolute atomic E-state index is 12.8. The van der Waals surface area contributed by atoms with E-state index < -0.39 is 0 Å². The molecular weight excluding hydrogens is 245 g/mol. The highest BCUT2D eigenvalue weighted by molar-refractivity contribution is 6.04. The lowest BCUT2D eigenvalue weighted by molar-refractivity contribution is 0.102. The lowest BCUT2D eigenvalue weighted by atomic mass is 10.2. The second-order valence-electron chi connectivity index (χ2n) is 4.71. The van der Waals surface area contributed by atoms with Gasteiger partial charge in [0.1, 0.15) is 5.82 Å². The van der Waals surface area contributed by atoms with E-state index in [1.807, 2.05) is 7.05 Å². The fourth-order valence-electron chi connectivity index (χ4n) is 2.52. The molecule has 0 spiro atoms. The van der Waals surface area contributed by atoms with E-state index in [4.69, 9.17) is 0 Å². The Morgan fingerprint density at radius 1 is 1.32 bits per heavy atom. The summed E-state index contributed by atoms with van der Waals surface area (Å²) in [6, 6.07) is 5.71. The summed E-state index contributed by atoms with van der Waals surface area (Å²) in [5, 5.41) is 7.02. The van der Waals surface area contributed by atoms with Gasteiger partial charge >= 0.3 is 0 Å². The molecule has 5 heteroatoms. The second kappa shape index (κ2) is 4.50. The van der Waals surface area contributed by atoms with Crippen LogP contribution in [0.4, 0.5) is 10.1 Å². The summed E-state index contributed by atoms with van der Waals surface area (Å²) in [6.45, 7) is 0. The van der Waals surface area contributed by atoms with Crippen LogP contribution in [-0.4, -0.2) is 15.7 Å². The number of aromatic nitrogens is 2. The Labute approximate surface area is 110 Å². The smallest absolute Gasteiger partial charge is 0.276 e. The zero-order valence-corrected chi connectivity index (χ0v) is 10.6. The van der Waals surface area contributed by atoms with Crippen molar-refractivity contribution in [2.75, 3.05) is 5.32 Å². The third kappa shape index (κ3) is 2.12. The number of nitrogens with one attached hydrogen (secondary N) is 1. The number of anilines is 1. The number of benzene rings is 1. The number of carbonyl (C=O) groups excluding carboxylic acids is 1. The van der Waals surface area contributed by atoms with Crippen LogP contribution in [0.3, 0.4) is 0 Å². The number of amides is 1. The van der Waals surface area contributed by atoms with Gasteiger partial charge in [-0.1, -0.05) is 0 Å². The first-order chi connectivity index (χ1) is 9.15. The minimum absolute atomic E-state index is 0.231. The van der Waals surface area contributed by atoms with E-state index in [0.29, 0.717) is 11.4 Å². The summed E-state index contributed by atoms with van der Waals surface area (Å²) in [7, 11) is 1.86. The van der Waals surface area contributed by atoms with E-state index >= 15 is 0 Å². The SMILES string of the molecule is Cn1nc(C(=O)Nc2ccc(F)cc2)c2c1CCC2. The topological polar surface area (TPSA) is 46.9 Å². The Bertz CT molecular complexity index is 631. The molecule has 0 saturated carbocycles. The molecular formula is C14H14FN3O. The quantitative estimate of drug-likeness (QED) is 0.899. The second-order valence-corrected chi connectivity index (χ2v) is 4.71. The van der Waals surface area contributed by atoms with Gasteiger partial charge in [-0.3, -0.25) is 9.48 Å². The average Bonchev–Trinajstić information content (AvgIpc) is 2.97. The molecule has 0 radical (unpaired) electrons. The minimum Gasteiger partial charge on any atom is -0.321 e. The molecule has 1 N–H and O–H groups in total. The van der Waals surface area contributed by atoms with Gasteiger partial charge < -0.3 is 5.32 Å². The van der Waals surface area contributed by atoms with Crippen molar-refractivity contribution < 1.29 is 9.18 Å². The molecule has 0 fully saturated rings. The van der Waals surface area contributed by atoms with Crippen molar-refractivity contribution in [3.05, 3.63) is 47.0 Å². The van der Waals surface area contributed by atoms with Crippen molar-refractivity contribution in [2.24, 2.45) is 7.05 Å². The van der Waals surface area contributed by atoms with Crippen LogP contribution >= 0.6 is 0 Å². The molecule has 0 saturated heterocycles. The molecule has 19 heavy (non-hydrogen) atoms. The minimum atomic E-state index is -0.322. The molecule has 3 rings (SSSR count). The predicted molar refractivity (Wildman–Crippen MR) is 69.6 cm³/mol. The standard InChI is InChI=1S/C14H14FN3O/c1-18-12-4-2-3-11(12)13(17-18)14(19)16-10-7-5-9(15)6-8-10/h5-8H,2-4H2,1H3,(H,16,19). The summed E-state index contributed by atoms with van der Waals surface area (Å²) < 4.78 is 14.6. The van der Waals surface area contributed by atoms with E-state index in [0.717, 1.165) is 30.5 Å². The Balaban J connectivity index is 1.85. The molecule has 98 valence electrons. The highest BCUT2D eigenvalue weighted by atomic mass is 19.1. The Hall–Kier alpha value is -2.17. The number of fused-ring (bicyclic) bond motifs is 1. The summed E-state index contributed by atoms with van der Waals surface area (Å²) in [5.74, 6) is -0.554. The van der Waals surface area contributed by atoms with Crippen LogP contribution in [0.5, 0.6) is 0 Å². The van der Waals surface area contributed by atoms with E-state index in [9.17, 15) is 9.18 Å². The Morgan fingerprint density at radius 2 is 2.05 bits per heavy atom. The molecule has 2 aromatic rings. The van der Waals surface area contributed by atoms with E-state index in [-0.39, 0.29) is 11.7 Å². The molecule has 1 aliphatic carbocycles. The first kappa shape index (κ1) is 11.9. The molecule has 0 unspecified atom stereocenters. The van der Waals surface area contributed by atoms with Crippen molar-refractivity contribution in [2.45, 2.75) is 19.3 Å². The number of rotatable bonds is 2. The summed E-state index contributed by atoms with van der Waals surface area (Å²) in [4.78, 5) is 12.2. The van der Waals surface area contributed by atoms with Crippen LogP contribution in [0.25, 0.3) is 0 Å². The number of hydrogen-bond acceptors (Lipinski definition) is 2. The normalized spacial score (nSPS) is 13.4. The van der Waals surface area contributed by atoms with Crippen molar-refractivity contribution in [3.63, 3.8) is 0 Å². The van der Waals surface area contributed by atoms with Gasteiger partial charge in [0.2, 0.25) is 0 Å². The van der Waals surface area contributed by atoms with Crippen molar-refractivity contribution >= 4 is 11.6 Å². The first-order valence-corrected chi connectivity index (χ1v) is 6.27. The Morgan fingerprint density at radius 3 is 2.79 bits per heavy atom. The monoisotopic (exact) mass is 259 g/mol. The molecule has 1 aromatic carbocycles. The van der Waals surface area contributed by atoms with Crippen LogP contribution < -0.4 is 5.32 Å². The summed E-state index contributed by atoms with van der Waals surface area (Å²) in [6.07, 6.45) is 2.94. The van der Waals surface area contributed by atoms with E-state index in [1.54, 1.807) is 4.68 Å². The third-order valence-corrected chi connectivity index (χ3v) is 3.43. The van der Waals surface area contributed by atoms with Gasteiger partial charge in [0.05, 0.1) is 0 Å². The number of carbonyl (C=O) groups is 1. The van der Waals surface area contributed by atoms with Crippen LogP contribution in [-0.2, 0) is 19.9 Å². The zero-order valence-electron chi connectivity index (χ0n) is 10.6. The van der Waals surface area contributed by atoms with Crippen LogP contribution in [0.1, 0.15) is 28.2 Å². The number of nitrogens with zero attached hydrogens (tertiary/aromatic N) is 2. The van der Waals surface area contributed by atoms with Crippen molar-refractivity contribution in [1.29, 1.82) is 0 Å². The van der Waals surface area contributed by atoms with Gasteiger partial charge in [-0.15, -0.1) is 0 Å². The number of aryl methyl sites for hydroxylation is 1. The van der Waals surface area contributed by atoms with Gasteiger partial charge in [-0.05, 0) is 43.5 Å². The fraction of sp³-hybridized carbons (Fsp3) is 0.286. The van der Waals surface area contributed by atoms with Crippen molar-refractivity contribution in [3.8, 4) is 0 Å². The summed E-state index contributed by atoms with van der Waals surface area (Å²) in [5.41, 5.74) is 3.24. The lowest BCUT2D eigenvalue weighted by Gasteiger charge is -2.04. The fourth-order valence-corrected chi connectivity index (χ4v) is 2.52. The predicted octanol–water partition coefficient (Wildman–Crippen LogP) is 2.30. The summed E-state index contributed by atoms with van der Waals surface area (Å²) >= 11 is 0. The average molecular weight is 259 g/mol. The largest absolute Gasteiger partial charge is 0.321 e. The maximum Gasteiger partial charge on any atom is 0.276 e. The van der Waals surface area contributed by atoms with Crippen LogP contribution in [0.15, 0.2) is 24.3 Å². The van der Waals surface area contributed by atoms with Crippen LogP contribution in [0, 0.1) is 5.82 Å². The molecule has 1 amide bonds. The van der Waals surface area contributed by atoms with E-state index in [2.05, 4.69) is 10.4 Å². The van der Waals surface area contributed by atoms with Gasteiger partial charge in [-0.2, -0.15) is 5.10 Å². The van der Waals surface area contributed by atoms with Gasteiger partial charge in [0, 0.05) is 24.0 Å². The molecule has 1 heterocycles. The molecule has 4 nitrogen and oxygen atoms in total. The molecule has 0 atom stereocenters. The van der Waals surface area contributed by atoms with E-state index in [1.165, 1.54) is 24.3 Å². The van der Waals surface area contributed by atoms with Crippen molar-refractivity contribution in [1.82, 2.24) is 9.78 Å². The molecule has 1 aromatic heterocycles. The van der Waals surface area contributed by atoms with Gasteiger partial charge in [0.15, 0.2) is 5.69 Å². The first-order valence-electron chi connectivity index (χ1n) is 6.27. The zero-order chi connectivity index (χ0) is 13.4. The highest BCUT2D eigenvalue weighted by Gasteiger charge is 2.24. The highest BCUT2D eigenvalue weighted by Crippen LogP contribution is 2.25.